The van der Waals surface area contributed by atoms with E-state index in [2.05, 4.69) is 84.9 Å². The highest BCUT2D eigenvalue weighted by Crippen LogP contribution is 2.52. The van der Waals surface area contributed by atoms with Gasteiger partial charge in [0.05, 0.1) is 0 Å². The van der Waals surface area contributed by atoms with Crippen LogP contribution in [0.4, 0.5) is 4.39 Å². The van der Waals surface area contributed by atoms with Crippen molar-refractivity contribution in [3.63, 3.8) is 0 Å². The molecule has 0 aliphatic heterocycles. The molecule has 0 fully saturated rings. The highest BCUT2D eigenvalue weighted by atomic mass is 19.1. The molecule has 33 heavy (non-hydrogen) atoms. The van der Waals surface area contributed by atoms with Crippen LogP contribution < -0.4 is 0 Å². The van der Waals surface area contributed by atoms with Crippen LogP contribution in [0.5, 0.6) is 0 Å². The van der Waals surface area contributed by atoms with E-state index >= 15 is 4.39 Å². The Bertz CT molecular complexity index is 2010. The molecule has 0 bridgehead atoms. The summed E-state index contributed by atoms with van der Waals surface area (Å²) in [5, 5.41) is 14.3. The SMILES string of the molecule is Fc1cc2c(-c3ccccc3)c3c4cccc5cccc(c54)c3c3c4ccccc4c(c1)c23. The lowest BCUT2D eigenvalue weighted by atomic mass is 9.90. The van der Waals surface area contributed by atoms with Gasteiger partial charge in [-0.15, -0.1) is 0 Å². The van der Waals surface area contributed by atoms with Crippen LogP contribution >= 0.6 is 0 Å². The molecule has 0 spiro atoms. The Morgan fingerprint density at radius 1 is 0.394 bits per heavy atom. The van der Waals surface area contributed by atoms with Gasteiger partial charge in [-0.05, 0) is 87.9 Å². The van der Waals surface area contributed by atoms with Crippen LogP contribution in [0.25, 0.3) is 75.8 Å². The molecular weight excluding hydrogens is 403 g/mol. The van der Waals surface area contributed by atoms with Crippen molar-refractivity contribution in [3.05, 3.63) is 109 Å². The van der Waals surface area contributed by atoms with Gasteiger partial charge < -0.3 is 0 Å². The predicted octanol–water partition coefficient (Wildman–Crippen LogP) is 9.29. The first-order valence-electron chi connectivity index (χ1n) is 11.3. The first kappa shape index (κ1) is 17.3. The number of fused-ring (bicyclic) bond motifs is 7. The van der Waals surface area contributed by atoms with Crippen LogP contribution in [0.15, 0.2) is 103 Å². The molecule has 0 aromatic heterocycles. The van der Waals surface area contributed by atoms with E-state index in [4.69, 9.17) is 0 Å². The van der Waals surface area contributed by atoms with Crippen LogP contribution in [0.1, 0.15) is 0 Å². The van der Waals surface area contributed by atoms with Crippen LogP contribution in [0.2, 0.25) is 0 Å². The molecule has 152 valence electrons. The van der Waals surface area contributed by atoms with Crippen molar-refractivity contribution in [3.8, 4) is 11.1 Å². The van der Waals surface area contributed by atoms with E-state index in [0.717, 1.165) is 27.3 Å². The van der Waals surface area contributed by atoms with E-state index in [0.29, 0.717) is 0 Å². The fourth-order valence-electron chi connectivity index (χ4n) is 6.20. The van der Waals surface area contributed by atoms with Crippen molar-refractivity contribution in [1.29, 1.82) is 0 Å². The fraction of sp³-hybridized carbons (Fsp3) is 0. The van der Waals surface area contributed by atoms with Crippen LogP contribution in [-0.2, 0) is 0 Å². The zero-order chi connectivity index (χ0) is 21.7. The van der Waals surface area contributed by atoms with Gasteiger partial charge in [0.15, 0.2) is 0 Å². The zero-order valence-corrected chi connectivity index (χ0v) is 17.7. The van der Waals surface area contributed by atoms with Gasteiger partial charge in [0, 0.05) is 0 Å². The van der Waals surface area contributed by atoms with Gasteiger partial charge in [0.1, 0.15) is 5.82 Å². The Morgan fingerprint density at radius 3 is 1.79 bits per heavy atom. The fourth-order valence-corrected chi connectivity index (χ4v) is 6.20. The Hall–Kier alpha value is -4.23. The van der Waals surface area contributed by atoms with E-state index in [1.165, 1.54) is 48.5 Å². The summed E-state index contributed by atoms with van der Waals surface area (Å²) in [6.07, 6.45) is 0. The summed E-state index contributed by atoms with van der Waals surface area (Å²) in [5.41, 5.74) is 2.25. The normalized spacial score (nSPS) is 12.4. The number of benzene rings is 6. The molecule has 0 heterocycles. The average Bonchev–Trinajstić information content (AvgIpc) is 3.36. The molecule has 1 heteroatoms. The molecule has 0 aliphatic rings. The summed E-state index contributed by atoms with van der Waals surface area (Å²) in [7, 11) is 0. The van der Waals surface area contributed by atoms with Gasteiger partial charge in [-0.25, -0.2) is 4.39 Å². The third-order valence-corrected chi connectivity index (χ3v) is 7.36. The second-order valence-corrected chi connectivity index (χ2v) is 9.00. The lowest BCUT2D eigenvalue weighted by molar-refractivity contribution is 0.631. The predicted molar refractivity (Wildman–Crippen MR) is 139 cm³/mol. The number of hydrogen-bond acceptors (Lipinski definition) is 0. The molecule has 0 N–H and O–H groups in total. The van der Waals surface area contributed by atoms with Crippen molar-refractivity contribution in [2.24, 2.45) is 0 Å². The topological polar surface area (TPSA) is 0 Å². The Morgan fingerprint density at radius 2 is 1.00 bits per heavy atom. The third kappa shape index (κ3) is 2.05. The Balaban J connectivity index is 1.85. The minimum absolute atomic E-state index is 0.189. The summed E-state index contributed by atoms with van der Waals surface area (Å²) in [6.45, 7) is 0. The van der Waals surface area contributed by atoms with E-state index in [1.807, 2.05) is 6.07 Å². The molecule has 8 aromatic carbocycles. The smallest absolute Gasteiger partial charge is 0.124 e. The van der Waals surface area contributed by atoms with E-state index in [1.54, 1.807) is 12.1 Å². The summed E-state index contributed by atoms with van der Waals surface area (Å²) in [4.78, 5) is 0. The van der Waals surface area contributed by atoms with Crippen molar-refractivity contribution >= 4 is 64.6 Å². The molecule has 0 saturated heterocycles. The first-order valence-corrected chi connectivity index (χ1v) is 11.3. The second kappa shape index (κ2) is 5.96. The third-order valence-electron chi connectivity index (χ3n) is 7.36. The number of rotatable bonds is 1. The quantitative estimate of drug-likeness (QED) is 0.248. The summed E-state index contributed by atoms with van der Waals surface area (Å²) < 4.78 is 15.1. The maximum absolute atomic E-state index is 15.1. The van der Waals surface area contributed by atoms with Gasteiger partial charge in [0.2, 0.25) is 0 Å². The second-order valence-electron chi connectivity index (χ2n) is 9.00. The van der Waals surface area contributed by atoms with E-state index in [9.17, 15) is 0 Å². The van der Waals surface area contributed by atoms with Crippen LogP contribution in [0, 0.1) is 5.82 Å². The highest BCUT2D eigenvalue weighted by Gasteiger charge is 2.24. The minimum atomic E-state index is -0.189. The van der Waals surface area contributed by atoms with Gasteiger partial charge in [0.25, 0.3) is 0 Å². The summed E-state index contributed by atoms with van der Waals surface area (Å²) >= 11 is 0. The molecule has 8 rings (SSSR count). The lowest BCUT2D eigenvalue weighted by Crippen LogP contribution is -1.86. The maximum atomic E-state index is 15.1. The van der Waals surface area contributed by atoms with Gasteiger partial charge in [-0.3, -0.25) is 0 Å². The molecule has 0 nitrogen and oxygen atoms in total. The Kier molecular flexibility index (Phi) is 3.13. The standard InChI is InChI=1S/C32H17F/c33-20-16-25-21-12-4-5-13-22(21)30-29(25)26(17-20)28(19-8-2-1-3-9-19)31-23-14-6-10-18-11-7-15-24(27(18)23)32(30)31/h1-17H. The van der Waals surface area contributed by atoms with Gasteiger partial charge in [-0.2, -0.15) is 0 Å². The molecule has 0 atom stereocenters. The van der Waals surface area contributed by atoms with Crippen molar-refractivity contribution in [2.45, 2.75) is 0 Å². The maximum Gasteiger partial charge on any atom is 0.124 e. The molecule has 8 aromatic rings. The number of halogens is 1. The molecular formula is C32H17F. The average molecular weight is 420 g/mol. The van der Waals surface area contributed by atoms with Crippen molar-refractivity contribution in [1.82, 2.24) is 0 Å². The largest absolute Gasteiger partial charge is 0.207 e. The number of hydrogen-bond donors (Lipinski definition) is 0. The summed E-state index contributed by atoms with van der Waals surface area (Å²) in [5.74, 6) is -0.189. The summed E-state index contributed by atoms with van der Waals surface area (Å²) in [6, 6.07) is 35.5. The zero-order valence-electron chi connectivity index (χ0n) is 17.7. The lowest BCUT2D eigenvalue weighted by Gasteiger charge is -2.13. The highest BCUT2D eigenvalue weighted by molar-refractivity contribution is 6.48. The minimum Gasteiger partial charge on any atom is -0.207 e. The van der Waals surface area contributed by atoms with Crippen LogP contribution in [-0.4, -0.2) is 0 Å². The van der Waals surface area contributed by atoms with Crippen molar-refractivity contribution in [2.75, 3.05) is 0 Å². The molecule has 0 amide bonds. The Labute approximate surface area is 189 Å². The van der Waals surface area contributed by atoms with Crippen molar-refractivity contribution < 1.29 is 4.39 Å². The van der Waals surface area contributed by atoms with Crippen LogP contribution in [0.3, 0.4) is 0 Å². The monoisotopic (exact) mass is 420 g/mol. The molecule has 0 aliphatic carbocycles. The molecule has 0 saturated carbocycles. The van der Waals surface area contributed by atoms with E-state index in [-0.39, 0.29) is 5.82 Å². The first-order chi connectivity index (χ1) is 16.3. The van der Waals surface area contributed by atoms with E-state index < -0.39 is 0 Å². The van der Waals surface area contributed by atoms with Gasteiger partial charge >= 0.3 is 0 Å². The molecule has 0 unspecified atom stereocenters. The van der Waals surface area contributed by atoms with Gasteiger partial charge in [-0.1, -0.05) is 91.0 Å². The molecule has 0 radical (unpaired) electrons.